The van der Waals surface area contributed by atoms with Crippen molar-refractivity contribution < 1.29 is 4.79 Å². The van der Waals surface area contributed by atoms with Gasteiger partial charge in [-0.3, -0.25) is 4.79 Å². The van der Waals surface area contributed by atoms with Crippen molar-refractivity contribution in [1.82, 2.24) is 0 Å². The van der Waals surface area contributed by atoms with Gasteiger partial charge in [0, 0.05) is 0 Å². The molecule has 2 N–H and O–H groups in total. The number of carbonyl (C=O) groups excluding carboxylic acids is 1. The van der Waals surface area contributed by atoms with Crippen molar-refractivity contribution in [3.05, 3.63) is 12.7 Å². The van der Waals surface area contributed by atoms with Crippen LogP contribution < -0.4 is 5.73 Å². The molecule has 0 heterocycles. The van der Waals surface area contributed by atoms with Crippen molar-refractivity contribution in [3.8, 4) is 0 Å². The fourth-order valence-corrected chi connectivity index (χ4v) is 0.670. The van der Waals surface area contributed by atoms with Gasteiger partial charge in [0.1, 0.15) is 0 Å². The van der Waals surface area contributed by atoms with Gasteiger partial charge in [0.15, 0.2) is 5.78 Å². The van der Waals surface area contributed by atoms with Gasteiger partial charge in [0.25, 0.3) is 0 Å². The molecule has 0 aliphatic heterocycles. The first-order valence-electron chi connectivity index (χ1n) is 3.55. The van der Waals surface area contributed by atoms with Crippen LogP contribution in [0.3, 0.4) is 0 Å². The van der Waals surface area contributed by atoms with E-state index in [1.165, 1.54) is 6.08 Å². The molecule has 0 fully saturated rings. The molecular formula is C8H15NO. The topological polar surface area (TPSA) is 43.1 Å². The smallest absolute Gasteiger partial charge is 0.172 e. The number of nitrogens with two attached hydrogens (primary N) is 1. The molecule has 2 heteroatoms. The highest BCUT2D eigenvalue weighted by Gasteiger charge is 2.15. The first-order chi connectivity index (χ1) is 4.63. The predicted molar refractivity (Wildman–Crippen MR) is 42.6 cm³/mol. The van der Waals surface area contributed by atoms with Gasteiger partial charge in [-0.25, -0.2) is 0 Å². The second kappa shape index (κ2) is 4.23. The van der Waals surface area contributed by atoms with Crippen LogP contribution in [0.4, 0.5) is 0 Å². The third-order valence-electron chi connectivity index (χ3n) is 1.79. The fraction of sp³-hybridized carbons (Fsp3) is 0.625. The molecule has 0 amide bonds. The lowest BCUT2D eigenvalue weighted by Crippen LogP contribution is -2.35. The Morgan fingerprint density at radius 1 is 1.80 bits per heavy atom. The van der Waals surface area contributed by atoms with Crippen LogP contribution in [-0.4, -0.2) is 11.8 Å². The number of ketones is 1. The van der Waals surface area contributed by atoms with E-state index in [1.54, 1.807) is 0 Å². The molecule has 0 saturated carbocycles. The average molecular weight is 141 g/mol. The van der Waals surface area contributed by atoms with Gasteiger partial charge >= 0.3 is 0 Å². The van der Waals surface area contributed by atoms with Crippen molar-refractivity contribution in [3.63, 3.8) is 0 Å². The molecule has 2 atom stereocenters. The Kier molecular flexibility index (Phi) is 3.96. The molecular weight excluding hydrogens is 126 g/mol. The third kappa shape index (κ3) is 2.31. The zero-order valence-electron chi connectivity index (χ0n) is 6.63. The standard InChI is InChI=1S/C8H15NO/c1-4-6(3)8(9)7(10)5-2/h5-6,8H,2,4,9H2,1,3H3. The van der Waals surface area contributed by atoms with Gasteiger partial charge in [-0.2, -0.15) is 0 Å². The fourth-order valence-electron chi connectivity index (χ4n) is 0.670. The predicted octanol–water partition coefficient (Wildman–Crippen LogP) is 1.11. The van der Waals surface area contributed by atoms with Gasteiger partial charge in [-0.1, -0.05) is 26.8 Å². The Morgan fingerprint density at radius 3 is 2.60 bits per heavy atom. The van der Waals surface area contributed by atoms with E-state index in [9.17, 15) is 4.79 Å². The number of rotatable bonds is 4. The summed E-state index contributed by atoms with van der Waals surface area (Å²) in [4.78, 5) is 10.9. The van der Waals surface area contributed by atoms with Crippen molar-refractivity contribution >= 4 is 5.78 Å². The molecule has 0 aliphatic rings. The summed E-state index contributed by atoms with van der Waals surface area (Å²) in [5.74, 6) is 0.194. The van der Waals surface area contributed by atoms with Crippen molar-refractivity contribution in [1.29, 1.82) is 0 Å². The molecule has 0 spiro atoms. The van der Waals surface area contributed by atoms with Crippen LogP contribution in [0.2, 0.25) is 0 Å². The largest absolute Gasteiger partial charge is 0.321 e. The van der Waals surface area contributed by atoms with Crippen LogP contribution in [0, 0.1) is 5.92 Å². The van der Waals surface area contributed by atoms with E-state index in [1.807, 2.05) is 13.8 Å². The maximum atomic E-state index is 10.9. The Hall–Kier alpha value is -0.630. The van der Waals surface area contributed by atoms with Crippen molar-refractivity contribution in [2.75, 3.05) is 0 Å². The van der Waals surface area contributed by atoms with E-state index >= 15 is 0 Å². The second-order valence-electron chi connectivity index (χ2n) is 2.52. The summed E-state index contributed by atoms with van der Waals surface area (Å²) < 4.78 is 0. The van der Waals surface area contributed by atoms with Crippen LogP contribution in [0.25, 0.3) is 0 Å². The lowest BCUT2D eigenvalue weighted by atomic mass is 9.96. The summed E-state index contributed by atoms with van der Waals surface area (Å²) in [5, 5.41) is 0. The summed E-state index contributed by atoms with van der Waals surface area (Å²) in [6.45, 7) is 7.35. The lowest BCUT2D eigenvalue weighted by Gasteiger charge is -2.14. The maximum Gasteiger partial charge on any atom is 0.172 e. The molecule has 58 valence electrons. The van der Waals surface area contributed by atoms with Gasteiger partial charge in [0.2, 0.25) is 0 Å². The summed E-state index contributed by atoms with van der Waals surface area (Å²) >= 11 is 0. The molecule has 0 aromatic rings. The number of hydrogen-bond donors (Lipinski definition) is 1. The van der Waals surface area contributed by atoms with E-state index in [2.05, 4.69) is 6.58 Å². The van der Waals surface area contributed by atoms with E-state index in [0.29, 0.717) is 0 Å². The zero-order chi connectivity index (χ0) is 8.15. The Bertz CT molecular complexity index is 131. The molecule has 0 rings (SSSR count). The molecule has 2 unspecified atom stereocenters. The quantitative estimate of drug-likeness (QED) is 0.596. The Balaban J connectivity index is 3.93. The van der Waals surface area contributed by atoms with Crippen LogP contribution >= 0.6 is 0 Å². The Labute approximate surface area is 62.1 Å². The third-order valence-corrected chi connectivity index (χ3v) is 1.79. The summed E-state index contributed by atoms with van der Waals surface area (Å²) in [6.07, 6.45) is 2.22. The minimum atomic E-state index is -0.359. The van der Waals surface area contributed by atoms with Gasteiger partial charge < -0.3 is 5.73 Å². The second-order valence-corrected chi connectivity index (χ2v) is 2.52. The highest BCUT2D eigenvalue weighted by molar-refractivity contribution is 5.93. The van der Waals surface area contributed by atoms with E-state index in [0.717, 1.165) is 6.42 Å². The average Bonchev–Trinajstić information content (AvgIpc) is 2.00. The monoisotopic (exact) mass is 141 g/mol. The van der Waals surface area contributed by atoms with E-state index < -0.39 is 0 Å². The summed E-state index contributed by atoms with van der Waals surface area (Å²) in [7, 11) is 0. The molecule has 0 aliphatic carbocycles. The summed E-state index contributed by atoms with van der Waals surface area (Å²) in [6, 6.07) is -0.359. The molecule has 10 heavy (non-hydrogen) atoms. The summed E-state index contributed by atoms with van der Waals surface area (Å²) in [5.41, 5.74) is 5.56. The Morgan fingerprint density at radius 2 is 2.30 bits per heavy atom. The van der Waals surface area contributed by atoms with Crippen molar-refractivity contribution in [2.45, 2.75) is 26.3 Å². The van der Waals surface area contributed by atoms with Crippen LogP contribution in [0.15, 0.2) is 12.7 Å². The van der Waals surface area contributed by atoms with Gasteiger partial charge in [-0.15, -0.1) is 0 Å². The lowest BCUT2D eigenvalue weighted by molar-refractivity contribution is -0.116. The highest BCUT2D eigenvalue weighted by Crippen LogP contribution is 2.05. The molecule has 0 bridgehead atoms. The number of carbonyl (C=O) groups is 1. The number of hydrogen-bond acceptors (Lipinski definition) is 2. The normalized spacial score (nSPS) is 15.9. The van der Waals surface area contributed by atoms with Crippen LogP contribution in [0.5, 0.6) is 0 Å². The van der Waals surface area contributed by atoms with Crippen molar-refractivity contribution in [2.24, 2.45) is 11.7 Å². The van der Waals surface area contributed by atoms with Gasteiger partial charge in [0.05, 0.1) is 6.04 Å². The SMILES string of the molecule is C=CC(=O)C(N)C(C)CC. The minimum Gasteiger partial charge on any atom is -0.321 e. The first kappa shape index (κ1) is 9.37. The molecule has 0 aromatic carbocycles. The van der Waals surface area contributed by atoms with Crippen LogP contribution in [-0.2, 0) is 4.79 Å². The molecule has 0 aromatic heterocycles. The molecule has 0 radical (unpaired) electrons. The first-order valence-corrected chi connectivity index (χ1v) is 3.55. The van der Waals surface area contributed by atoms with E-state index in [4.69, 9.17) is 5.73 Å². The van der Waals surface area contributed by atoms with E-state index in [-0.39, 0.29) is 17.7 Å². The molecule has 2 nitrogen and oxygen atoms in total. The van der Waals surface area contributed by atoms with Gasteiger partial charge in [-0.05, 0) is 12.0 Å². The minimum absolute atomic E-state index is 0.0608. The molecule has 0 saturated heterocycles. The van der Waals surface area contributed by atoms with Crippen LogP contribution in [0.1, 0.15) is 20.3 Å². The maximum absolute atomic E-state index is 10.9. The highest BCUT2D eigenvalue weighted by atomic mass is 16.1. The zero-order valence-corrected chi connectivity index (χ0v) is 6.63.